The van der Waals surface area contributed by atoms with Gasteiger partial charge in [0, 0.05) is 45.3 Å². The van der Waals surface area contributed by atoms with Crippen molar-refractivity contribution < 1.29 is 10.0 Å². The number of nitrogens with zero attached hydrogens (tertiary/aromatic N) is 4. The maximum atomic E-state index is 11.4. The first-order valence-electron chi connectivity index (χ1n) is 9.91. The van der Waals surface area contributed by atoms with E-state index in [-0.39, 0.29) is 5.56 Å². The van der Waals surface area contributed by atoms with E-state index in [9.17, 15) is 4.79 Å². The molecule has 0 atom stereocenters. The highest BCUT2D eigenvalue weighted by Crippen LogP contribution is 2.22. The van der Waals surface area contributed by atoms with Crippen molar-refractivity contribution in [3.05, 3.63) is 54.0 Å². The molecule has 1 saturated heterocycles. The molecule has 1 aliphatic heterocycles. The molecule has 0 spiro atoms. The fourth-order valence-corrected chi connectivity index (χ4v) is 4.00. The molecular weight excluding hydrogens is 368 g/mol. The summed E-state index contributed by atoms with van der Waals surface area (Å²) in [5, 5.41) is 13.6. The van der Waals surface area contributed by atoms with Crippen LogP contribution in [0.15, 0.2) is 42.9 Å². The largest absolute Gasteiger partial charge is 0.350 e. The first-order valence-corrected chi connectivity index (χ1v) is 9.91. The van der Waals surface area contributed by atoms with Gasteiger partial charge in [0.15, 0.2) is 0 Å². The standard InChI is InChI=1S/C21H26N6O2/c1-26-8-7-16-3-2-4-17(19(16)26)12-22-11-15-5-9-27(10-6-15)21-23-13-18(14-24-21)20(28)25-29/h2-4,7-8,13-15,22,29H,5-6,9-12H2,1H3,(H,25,28). The van der Waals surface area contributed by atoms with Crippen molar-refractivity contribution in [3.63, 3.8) is 0 Å². The number of nitrogens with one attached hydrogen (secondary N) is 2. The minimum Gasteiger partial charge on any atom is -0.350 e. The zero-order chi connectivity index (χ0) is 20.2. The number of hydroxylamine groups is 1. The Morgan fingerprint density at radius 3 is 2.69 bits per heavy atom. The van der Waals surface area contributed by atoms with Crippen molar-refractivity contribution in [3.8, 4) is 0 Å². The Balaban J connectivity index is 1.27. The van der Waals surface area contributed by atoms with Crippen LogP contribution in [0.3, 0.4) is 0 Å². The highest BCUT2D eigenvalue weighted by Gasteiger charge is 2.21. The molecule has 152 valence electrons. The molecule has 0 unspecified atom stereocenters. The zero-order valence-corrected chi connectivity index (χ0v) is 16.5. The lowest BCUT2D eigenvalue weighted by Crippen LogP contribution is -2.38. The van der Waals surface area contributed by atoms with Gasteiger partial charge in [-0.25, -0.2) is 15.4 Å². The number of carbonyl (C=O) groups is 1. The predicted molar refractivity (Wildman–Crippen MR) is 111 cm³/mol. The van der Waals surface area contributed by atoms with Gasteiger partial charge in [-0.15, -0.1) is 0 Å². The predicted octanol–water partition coefficient (Wildman–Crippen LogP) is 2.09. The number of carbonyl (C=O) groups excluding carboxylic acids is 1. The molecule has 1 aromatic carbocycles. The van der Waals surface area contributed by atoms with Crippen molar-refractivity contribution in [2.45, 2.75) is 19.4 Å². The summed E-state index contributed by atoms with van der Waals surface area (Å²) in [7, 11) is 2.09. The van der Waals surface area contributed by atoms with Crippen LogP contribution in [-0.2, 0) is 13.6 Å². The molecular formula is C21H26N6O2. The van der Waals surface area contributed by atoms with Gasteiger partial charge in [0.25, 0.3) is 5.91 Å². The average Bonchev–Trinajstić information content (AvgIpc) is 3.15. The Kier molecular flexibility index (Phi) is 5.73. The molecule has 1 amide bonds. The molecule has 0 bridgehead atoms. The topological polar surface area (TPSA) is 95.3 Å². The summed E-state index contributed by atoms with van der Waals surface area (Å²) in [6.07, 6.45) is 7.12. The molecule has 0 radical (unpaired) electrons. The highest BCUT2D eigenvalue weighted by molar-refractivity contribution is 5.92. The van der Waals surface area contributed by atoms with E-state index in [1.165, 1.54) is 28.9 Å². The summed E-state index contributed by atoms with van der Waals surface area (Å²) < 4.78 is 2.18. The molecule has 8 nitrogen and oxygen atoms in total. The fraction of sp³-hybridized carbons (Fsp3) is 0.381. The number of fused-ring (bicyclic) bond motifs is 1. The Morgan fingerprint density at radius 1 is 1.21 bits per heavy atom. The molecule has 3 aromatic rings. The van der Waals surface area contributed by atoms with Crippen molar-refractivity contribution >= 4 is 22.8 Å². The van der Waals surface area contributed by atoms with Gasteiger partial charge in [0.1, 0.15) is 0 Å². The Hall–Kier alpha value is -2.97. The van der Waals surface area contributed by atoms with E-state index in [2.05, 4.69) is 62.3 Å². The maximum absolute atomic E-state index is 11.4. The normalized spacial score (nSPS) is 15.0. The summed E-state index contributed by atoms with van der Waals surface area (Å²) in [6, 6.07) is 8.61. The second kappa shape index (κ2) is 8.59. The van der Waals surface area contributed by atoms with Crippen LogP contribution in [0.4, 0.5) is 5.95 Å². The van der Waals surface area contributed by atoms with Gasteiger partial charge >= 0.3 is 0 Å². The second-order valence-electron chi connectivity index (χ2n) is 7.56. The van der Waals surface area contributed by atoms with Crippen LogP contribution in [0.5, 0.6) is 0 Å². The second-order valence-corrected chi connectivity index (χ2v) is 7.56. The summed E-state index contributed by atoms with van der Waals surface area (Å²) in [4.78, 5) is 22.0. The number of benzene rings is 1. The fourth-order valence-electron chi connectivity index (χ4n) is 4.00. The molecule has 4 rings (SSSR count). The molecule has 0 aliphatic carbocycles. The number of para-hydroxylation sites is 1. The average molecular weight is 394 g/mol. The molecule has 0 saturated carbocycles. The van der Waals surface area contributed by atoms with Crippen LogP contribution in [0, 0.1) is 5.92 Å². The number of aromatic nitrogens is 3. The van der Waals surface area contributed by atoms with Gasteiger partial charge in [-0.05, 0) is 42.3 Å². The minimum absolute atomic E-state index is 0.239. The van der Waals surface area contributed by atoms with Crippen LogP contribution in [0.25, 0.3) is 10.9 Å². The zero-order valence-electron chi connectivity index (χ0n) is 16.5. The minimum atomic E-state index is -0.604. The number of anilines is 1. The summed E-state index contributed by atoms with van der Waals surface area (Å²) >= 11 is 0. The number of amides is 1. The van der Waals surface area contributed by atoms with E-state index >= 15 is 0 Å². The van der Waals surface area contributed by atoms with Crippen molar-refractivity contribution in [2.75, 3.05) is 24.5 Å². The molecule has 3 N–H and O–H groups in total. The molecule has 8 heteroatoms. The van der Waals surface area contributed by atoms with E-state index in [0.29, 0.717) is 11.9 Å². The van der Waals surface area contributed by atoms with Crippen molar-refractivity contribution in [1.29, 1.82) is 0 Å². The molecule has 3 heterocycles. The number of piperidine rings is 1. The van der Waals surface area contributed by atoms with Crippen molar-refractivity contribution in [2.24, 2.45) is 13.0 Å². The van der Waals surface area contributed by atoms with Gasteiger partial charge in [0.05, 0.1) is 11.1 Å². The van der Waals surface area contributed by atoms with Gasteiger partial charge in [-0.3, -0.25) is 10.0 Å². The van der Waals surface area contributed by atoms with Gasteiger partial charge in [-0.2, -0.15) is 0 Å². The first-order chi connectivity index (χ1) is 14.2. The molecule has 1 fully saturated rings. The lowest BCUT2D eigenvalue weighted by atomic mass is 9.97. The van der Waals surface area contributed by atoms with E-state index in [4.69, 9.17) is 5.21 Å². The monoisotopic (exact) mass is 394 g/mol. The third kappa shape index (κ3) is 4.23. The Labute approximate surface area is 169 Å². The third-order valence-electron chi connectivity index (χ3n) is 5.63. The Bertz CT molecular complexity index is 977. The summed E-state index contributed by atoms with van der Waals surface area (Å²) in [5.74, 6) is 0.645. The lowest BCUT2D eigenvalue weighted by molar-refractivity contribution is 0.0705. The van der Waals surface area contributed by atoms with E-state index < -0.39 is 5.91 Å². The lowest BCUT2D eigenvalue weighted by Gasteiger charge is -2.32. The molecule has 29 heavy (non-hydrogen) atoms. The highest BCUT2D eigenvalue weighted by atomic mass is 16.5. The summed E-state index contributed by atoms with van der Waals surface area (Å²) in [5.41, 5.74) is 4.45. The maximum Gasteiger partial charge on any atom is 0.277 e. The quantitative estimate of drug-likeness (QED) is 0.438. The smallest absolute Gasteiger partial charge is 0.277 e. The van der Waals surface area contributed by atoms with Crippen LogP contribution in [0.2, 0.25) is 0 Å². The molecule has 2 aromatic heterocycles. The van der Waals surface area contributed by atoms with E-state index in [0.717, 1.165) is 39.0 Å². The third-order valence-corrected chi connectivity index (χ3v) is 5.63. The van der Waals surface area contributed by atoms with Gasteiger partial charge in [-0.1, -0.05) is 18.2 Å². The van der Waals surface area contributed by atoms with Gasteiger partial charge in [0.2, 0.25) is 5.95 Å². The SMILES string of the molecule is Cn1ccc2cccc(CNCC3CCN(c4ncc(C(=O)NO)cn4)CC3)c21. The number of aryl methyl sites for hydroxylation is 1. The van der Waals surface area contributed by atoms with Gasteiger partial charge < -0.3 is 14.8 Å². The number of hydrogen-bond donors (Lipinski definition) is 3. The van der Waals surface area contributed by atoms with Crippen LogP contribution < -0.4 is 15.7 Å². The summed E-state index contributed by atoms with van der Waals surface area (Å²) in [6.45, 7) is 3.65. The van der Waals surface area contributed by atoms with Crippen LogP contribution in [-0.4, -0.2) is 45.3 Å². The molecule has 1 aliphatic rings. The number of rotatable bonds is 6. The number of hydrogen-bond acceptors (Lipinski definition) is 6. The van der Waals surface area contributed by atoms with E-state index in [1.54, 1.807) is 5.48 Å². The Morgan fingerprint density at radius 2 is 1.97 bits per heavy atom. The first kappa shape index (κ1) is 19.4. The van der Waals surface area contributed by atoms with Crippen LogP contribution in [0.1, 0.15) is 28.8 Å². The van der Waals surface area contributed by atoms with Crippen molar-refractivity contribution in [1.82, 2.24) is 25.3 Å². The van der Waals surface area contributed by atoms with E-state index in [1.807, 2.05) is 0 Å². The van der Waals surface area contributed by atoms with Crippen LogP contribution >= 0.6 is 0 Å².